The van der Waals surface area contributed by atoms with Crippen molar-refractivity contribution in [2.24, 2.45) is 5.92 Å². The first kappa shape index (κ1) is 23.4. The Labute approximate surface area is 191 Å². The largest absolute Gasteiger partial charge is 0.493 e. The number of hydrogen-bond acceptors (Lipinski definition) is 6. The van der Waals surface area contributed by atoms with Crippen LogP contribution in [-0.4, -0.2) is 42.2 Å². The molecule has 0 aromatic heterocycles. The topological polar surface area (TPSA) is 84.9 Å². The van der Waals surface area contributed by atoms with Crippen LogP contribution >= 0.6 is 11.8 Å². The van der Waals surface area contributed by atoms with Crippen molar-refractivity contribution in [1.29, 1.82) is 0 Å². The highest BCUT2D eigenvalue weighted by molar-refractivity contribution is 8.18. The van der Waals surface area contributed by atoms with E-state index in [1.807, 2.05) is 19.1 Å². The van der Waals surface area contributed by atoms with Gasteiger partial charge in [-0.15, -0.1) is 0 Å². The van der Waals surface area contributed by atoms with E-state index >= 15 is 0 Å². The fraction of sp³-hybridized carbons (Fsp3) is 0.292. The number of hydrogen-bond donors (Lipinski definition) is 1. The van der Waals surface area contributed by atoms with Gasteiger partial charge in [-0.25, -0.2) is 0 Å². The molecule has 7 nitrogen and oxygen atoms in total. The van der Waals surface area contributed by atoms with E-state index in [2.05, 4.69) is 19.2 Å². The zero-order valence-corrected chi connectivity index (χ0v) is 19.3. The minimum absolute atomic E-state index is 0.246. The monoisotopic (exact) mass is 454 g/mol. The van der Waals surface area contributed by atoms with Gasteiger partial charge in [0.1, 0.15) is 6.54 Å². The SMILES string of the molecule is COc1cc(/C=C2\SC(=O)N(CC(=O)Nc3ccc(C)cc3)C2=O)ccc1OCC(C)C. The van der Waals surface area contributed by atoms with E-state index in [1.165, 1.54) is 0 Å². The van der Waals surface area contributed by atoms with E-state index in [-0.39, 0.29) is 11.4 Å². The van der Waals surface area contributed by atoms with Crippen molar-refractivity contribution in [3.05, 3.63) is 58.5 Å². The lowest BCUT2D eigenvalue weighted by Gasteiger charge is -2.13. The third-order valence-corrected chi connectivity index (χ3v) is 5.48. The lowest BCUT2D eigenvalue weighted by Crippen LogP contribution is -2.36. The van der Waals surface area contributed by atoms with Gasteiger partial charge in [-0.2, -0.15) is 0 Å². The number of methoxy groups -OCH3 is 1. The van der Waals surface area contributed by atoms with Crippen molar-refractivity contribution in [1.82, 2.24) is 4.90 Å². The summed E-state index contributed by atoms with van der Waals surface area (Å²) in [5.74, 6) is 0.577. The minimum Gasteiger partial charge on any atom is -0.493 e. The lowest BCUT2D eigenvalue weighted by atomic mass is 10.1. The highest BCUT2D eigenvalue weighted by Gasteiger charge is 2.36. The predicted octanol–water partition coefficient (Wildman–Crippen LogP) is 4.71. The molecule has 3 amide bonds. The first-order valence-corrected chi connectivity index (χ1v) is 11.0. The van der Waals surface area contributed by atoms with Crippen molar-refractivity contribution in [3.8, 4) is 11.5 Å². The number of carbonyl (C=O) groups excluding carboxylic acids is 3. The third-order valence-electron chi connectivity index (χ3n) is 4.57. The second-order valence-corrected chi connectivity index (χ2v) is 8.79. The molecule has 2 aromatic carbocycles. The number of ether oxygens (including phenoxy) is 2. The molecule has 2 aromatic rings. The molecular weight excluding hydrogens is 428 g/mol. The van der Waals surface area contributed by atoms with E-state index in [9.17, 15) is 14.4 Å². The van der Waals surface area contributed by atoms with E-state index in [4.69, 9.17) is 9.47 Å². The molecule has 1 fully saturated rings. The maximum absolute atomic E-state index is 12.7. The zero-order chi connectivity index (χ0) is 23.3. The summed E-state index contributed by atoms with van der Waals surface area (Å²) in [4.78, 5) is 38.6. The Morgan fingerprint density at radius 1 is 1.12 bits per heavy atom. The third kappa shape index (κ3) is 5.91. The van der Waals surface area contributed by atoms with Gasteiger partial charge in [0.2, 0.25) is 5.91 Å². The molecule has 1 heterocycles. The number of thioether (sulfide) groups is 1. The van der Waals surface area contributed by atoms with Crippen LogP contribution in [0.1, 0.15) is 25.0 Å². The molecule has 168 valence electrons. The number of aryl methyl sites for hydroxylation is 1. The van der Waals surface area contributed by atoms with Gasteiger partial charge in [0.15, 0.2) is 11.5 Å². The van der Waals surface area contributed by atoms with E-state index in [0.29, 0.717) is 35.3 Å². The molecule has 0 bridgehead atoms. The molecule has 32 heavy (non-hydrogen) atoms. The van der Waals surface area contributed by atoms with Gasteiger partial charge in [0.05, 0.1) is 18.6 Å². The molecule has 0 spiro atoms. The highest BCUT2D eigenvalue weighted by atomic mass is 32.2. The summed E-state index contributed by atoms with van der Waals surface area (Å²) in [5, 5.41) is 2.22. The highest BCUT2D eigenvalue weighted by Crippen LogP contribution is 2.34. The van der Waals surface area contributed by atoms with Crippen LogP contribution in [0.25, 0.3) is 6.08 Å². The first-order chi connectivity index (χ1) is 15.3. The number of carbonyl (C=O) groups is 3. The minimum atomic E-state index is -0.502. The normalized spacial score (nSPS) is 14.9. The quantitative estimate of drug-likeness (QED) is 0.582. The Bertz CT molecular complexity index is 1050. The van der Waals surface area contributed by atoms with Crippen LogP contribution in [0.3, 0.4) is 0 Å². The molecule has 0 saturated carbocycles. The average Bonchev–Trinajstić information content (AvgIpc) is 3.01. The number of rotatable bonds is 8. The van der Waals surface area contributed by atoms with E-state index in [1.54, 1.807) is 43.5 Å². The van der Waals surface area contributed by atoms with Crippen LogP contribution in [0, 0.1) is 12.8 Å². The maximum atomic E-state index is 12.7. The summed E-state index contributed by atoms with van der Waals surface area (Å²) in [6.45, 7) is 6.26. The Kier molecular flexibility index (Phi) is 7.58. The van der Waals surface area contributed by atoms with Crippen LogP contribution in [0.15, 0.2) is 47.4 Å². The zero-order valence-electron chi connectivity index (χ0n) is 18.5. The van der Waals surface area contributed by atoms with Gasteiger partial charge in [0, 0.05) is 5.69 Å². The number of amides is 3. The number of anilines is 1. The Balaban J connectivity index is 1.69. The van der Waals surface area contributed by atoms with E-state index < -0.39 is 17.1 Å². The first-order valence-electron chi connectivity index (χ1n) is 10.2. The number of benzene rings is 2. The second kappa shape index (κ2) is 10.4. The van der Waals surface area contributed by atoms with Crippen LogP contribution in [0.4, 0.5) is 10.5 Å². The van der Waals surface area contributed by atoms with Gasteiger partial charge < -0.3 is 14.8 Å². The van der Waals surface area contributed by atoms with Crippen LogP contribution in [0.5, 0.6) is 11.5 Å². The summed E-state index contributed by atoms with van der Waals surface area (Å²) >= 11 is 0.805. The molecule has 1 N–H and O–H groups in total. The molecular formula is C24H26N2O5S. The standard InChI is InChI=1S/C24H26N2O5S/c1-15(2)14-31-19-10-7-17(11-20(19)30-4)12-21-23(28)26(24(29)32-21)13-22(27)25-18-8-5-16(3)6-9-18/h5-12,15H,13-14H2,1-4H3,(H,25,27)/b21-12-. The number of nitrogens with one attached hydrogen (secondary N) is 1. The van der Waals surface area contributed by atoms with Gasteiger partial charge in [-0.3, -0.25) is 19.3 Å². The fourth-order valence-electron chi connectivity index (χ4n) is 2.92. The summed E-state index contributed by atoms with van der Waals surface area (Å²) in [5.41, 5.74) is 2.36. The summed E-state index contributed by atoms with van der Waals surface area (Å²) in [7, 11) is 1.54. The molecule has 0 radical (unpaired) electrons. The van der Waals surface area contributed by atoms with Gasteiger partial charge in [-0.05, 0) is 60.5 Å². The van der Waals surface area contributed by atoms with Crippen molar-refractivity contribution < 1.29 is 23.9 Å². The van der Waals surface area contributed by atoms with E-state index in [0.717, 1.165) is 22.2 Å². The summed E-state index contributed by atoms with van der Waals surface area (Å²) in [6, 6.07) is 12.6. The second-order valence-electron chi connectivity index (χ2n) is 7.80. The smallest absolute Gasteiger partial charge is 0.294 e. The molecule has 1 aliphatic heterocycles. The van der Waals surface area contributed by atoms with Crippen LogP contribution in [0.2, 0.25) is 0 Å². The molecule has 1 aliphatic rings. The fourth-order valence-corrected chi connectivity index (χ4v) is 3.76. The molecule has 0 unspecified atom stereocenters. The van der Waals surface area contributed by atoms with Crippen molar-refractivity contribution in [3.63, 3.8) is 0 Å². The summed E-state index contributed by atoms with van der Waals surface area (Å²) < 4.78 is 11.1. The van der Waals surface area contributed by atoms with Crippen LogP contribution in [-0.2, 0) is 9.59 Å². The maximum Gasteiger partial charge on any atom is 0.294 e. The van der Waals surface area contributed by atoms with Crippen LogP contribution < -0.4 is 14.8 Å². The van der Waals surface area contributed by atoms with Gasteiger partial charge in [0.25, 0.3) is 11.1 Å². The van der Waals surface area contributed by atoms with Gasteiger partial charge >= 0.3 is 0 Å². The molecule has 8 heteroatoms. The van der Waals surface area contributed by atoms with Crippen molar-refractivity contribution in [2.45, 2.75) is 20.8 Å². The molecule has 0 atom stereocenters. The Hall–Kier alpha value is -3.26. The Morgan fingerprint density at radius 3 is 2.50 bits per heavy atom. The number of nitrogens with zero attached hydrogens (tertiary/aromatic N) is 1. The molecule has 1 saturated heterocycles. The number of imide groups is 1. The Morgan fingerprint density at radius 2 is 1.84 bits per heavy atom. The van der Waals surface area contributed by atoms with Crippen molar-refractivity contribution >= 4 is 40.6 Å². The predicted molar refractivity (Wildman–Crippen MR) is 126 cm³/mol. The summed E-state index contributed by atoms with van der Waals surface area (Å²) in [6.07, 6.45) is 1.61. The van der Waals surface area contributed by atoms with Crippen molar-refractivity contribution in [2.75, 3.05) is 25.6 Å². The van der Waals surface area contributed by atoms with Gasteiger partial charge in [-0.1, -0.05) is 37.6 Å². The lowest BCUT2D eigenvalue weighted by molar-refractivity contribution is -0.127. The average molecular weight is 455 g/mol. The molecule has 3 rings (SSSR count). The molecule has 0 aliphatic carbocycles.